The van der Waals surface area contributed by atoms with E-state index in [0.29, 0.717) is 18.0 Å². The molecule has 1 saturated carbocycles. The molecular formula is C14H22N2O2S. The van der Waals surface area contributed by atoms with Crippen LogP contribution in [0.25, 0.3) is 0 Å². The fourth-order valence-electron chi connectivity index (χ4n) is 2.31. The quantitative estimate of drug-likeness (QED) is 0.895. The van der Waals surface area contributed by atoms with Crippen LogP contribution >= 0.6 is 0 Å². The molecule has 4 nitrogen and oxygen atoms in total. The smallest absolute Gasteiger partial charge is 0.243 e. The molecule has 0 saturated heterocycles. The summed E-state index contributed by atoms with van der Waals surface area (Å²) in [4.78, 5) is 0.385. The second kappa shape index (κ2) is 5.61. The second-order valence-corrected chi connectivity index (χ2v) is 7.13. The van der Waals surface area contributed by atoms with E-state index in [9.17, 15) is 8.42 Å². The fraction of sp³-hybridized carbons (Fsp3) is 0.571. The number of hydrogen-bond donors (Lipinski definition) is 1. The topological polar surface area (TPSA) is 63.4 Å². The molecule has 1 aliphatic rings. The molecule has 2 N–H and O–H groups in total. The summed E-state index contributed by atoms with van der Waals surface area (Å²) in [6.07, 6.45) is 3.00. The Hall–Kier alpha value is -0.910. The van der Waals surface area contributed by atoms with Crippen molar-refractivity contribution in [2.24, 2.45) is 5.73 Å². The summed E-state index contributed by atoms with van der Waals surface area (Å²) in [5.41, 5.74) is 7.68. The minimum Gasteiger partial charge on any atom is -0.329 e. The van der Waals surface area contributed by atoms with Crippen molar-refractivity contribution in [3.8, 4) is 0 Å². The Kier molecular flexibility index (Phi) is 4.28. The van der Waals surface area contributed by atoms with Crippen molar-refractivity contribution in [2.75, 3.05) is 13.1 Å². The van der Waals surface area contributed by atoms with Crippen molar-refractivity contribution >= 4 is 10.0 Å². The SMILES string of the molecule is Cc1ccc(S(=O)(=O)N(CCN)C2CCC2)cc1C. The summed E-state index contributed by atoms with van der Waals surface area (Å²) in [7, 11) is -3.41. The average Bonchev–Trinajstić information content (AvgIpc) is 2.29. The van der Waals surface area contributed by atoms with E-state index in [4.69, 9.17) is 5.73 Å². The molecule has 0 spiro atoms. The third-order valence-corrected chi connectivity index (χ3v) is 5.86. The van der Waals surface area contributed by atoms with E-state index in [-0.39, 0.29) is 6.04 Å². The summed E-state index contributed by atoms with van der Waals surface area (Å²) < 4.78 is 27.0. The Morgan fingerprint density at radius 2 is 1.95 bits per heavy atom. The zero-order valence-corrected chi connectivity index (χ0v) is 12.4. The largest absolute Gasteiger partial charge is 0.329 e. The first kappa shape index (κ1) is 14.5. The lowest BCUT2D eigenvalue weighted by Gasteiger charge is -2.36. The average molecular weight is 282 g/mol. The second-order valence-electron chi connectivity index (χ2n) is 5.24. The number of benzene rings is 1. The molecule has 0 amide bonds. The van der Waals surface area contributed by atoms with Gasteiger partial charge in [0.2, 0.25) is 10.0 Å². The monoisotopic (exact) mass is 282 g/mol. The zero-order valence-electron chi connectivity index (χ0n) is 11.6. The fourth-order valence-corrected chi connectivity index (χ4v) is 4.10. The summed E-state index contributed by atoms with van der Waals surface area (Å²) in [6.45, 7) is 4.68. The first-order chi connectivity index (χ1) is 8.96. The van der Waals surface area contributed by atoms with Crippen molar-refractivity contribution in [3.63, 3.8) is 0 Å². The Morgan fingerprint density at radius 1 is 1.26 bits per heavy atom. The number of aryl methyl sites for hydroxylation is 2. The van der Waals surface area contributed by atoms with Gasteiger partial charge in [0, 0.05) is 19.1 Å². The molecule has 1 fully saturated rings. The van der Waals surface area contributed by atoms with Gasteiger partial charge in [0.15, 0.2) is 0 Å². The standard InChI is InChI=1S/C14H22N2O2S/c1-11-6-7-14(10-12(11)2)19(17,18)16(9-8-15)13-4-3-5-13/h6-7,10,13H,3-5,8-9,15H2,1-2H3. The van der Waals surface area contributed by atoms with Gasteiger partial charge in [-0.1, -0.05) is 12.5 Å². The zero-order chi connectivity index (χ0) is 14.0. The molecule has 0 unspecified atom stereocenters. The van der Waals surface area contributed by atoms with Crippen molar-refractivity contribution in [1.82, 2.24) is 4.31 Å². The van der Waals surface area contributed by atoms with Gasteiger partial charge in [-0.05, 0) is 49.9 Å². The van der Waals surface area contributed by atoms with E-state index >= 15 is 0 Å². The third-order valence-electron chi connectivity index (χ3n) is 3.92. The molecule has 0 bridgehead atoms. The van der Waals surface area contributed by atoms with Gasteiger partial charge in [0.25, 0.3) is 0 Å². The molecule has 0 atom stereocenters. The van der Waals surface area contributed by atoms with E-state index < -0.39 is 10.0 Å². The maximum Gasteiger partial charge on any atom is 0.243 e. The van der Waals surface area contributed by atoms with Crippen molar-refractivity contribution in [2.45, 2.75) is 44.0 Å². The van der Waals surface area contributed by atoms with Crippen LogP contribution in [0.4, 0.5) is 0 Å². The minimum absolute atomic E-state index is 0.134. The van der Waals surface area contributed by atoms with Gasteiger partial charge in [0.1, 0.15) is 0 Å². The van der Waals surface area contributed by atoms with E-state index in [1.54, 1.807) is 16.4 Å². The van der Waals surface area contributed by atoms with Crippen molar-refractivity contribution < 1.29 is 8.42 Å². The Bertz CT molecular complexity index is 551. The van der Waals surface area contributed by atoms with Crippen LogP contribution in [-0.4, -0.2) is 31.9 Å². The van der Waals surface area contributed by atoms with Crippen molar-refractivity contribution in [3.05, 3.63) is 29.3 Å². The maximum absolute atomic E-state index is 12.7. The summed E-state index contributed by atoms with van der Waals surface area (Å²) in [6, 6.07) is 5.45. The van der Waals surface area contributed by atoms with Crippen molar-refractivity contribution in [1.29, 1.82) is 0 Å². The first-order valence-corrected chi connectivity index (χ1v) is 8.20. The van der Waals surface area contributed by atoms with Crippen LogP contribution in [0.2, 0.25) is 0 Å². The Balaban J connectivity index is 2.35. The Labute approximate surface area is 115 Å². The van der Waals surface area contributed by atoms with Crippen LogP contribution in [0.1, 0.15) is 30.4 Å². The molecule has 0 aromatic heterocycles. The van der Waals surface area contributed by atoms with Crippen LogP contribution in [0.5, 0.6) is 0 Å². The molecule has 1 aromatic rings. The number of rotatable bonds is 5. The van der Waals surface area contributed by atoms with Crippen LogP contribution < -0.4 is 5.73 Å². The third kappa shape index (κ3) is 2.83. The van der Waals surface area contributed by atoms with Crippen LogP contribution in [0.3, 0.4) is 0 Å². The highest BCUT2D eigenvalue weighted by molar-refractivity contribution is 7.89. The summed E-state index contributed by atoms with van der Waals surface area (Å²) in [5.74, 6) is 0. The van der Waals surface area contributed by atoms with E-state index in [2.05, 4.69) is 0 Å². The van der Waals surface area contributed by atoms with Crippen LogP contribution in [-0.2, 0) is 10.0 Å². The van der Waals surface area contributed by atoms with Gasteiger partial charge >= 0.3 is 0 Å². The minimum atomic E-state index is -3.41. The van der Waals surface area contributed by atoms with Gasteiger partial charge < -0.3 is 5.73 Å². The lowest BCUT2D eigenvalue weighted by molar-refractivity contribution is 0.223. The molecular weight excluding hydrogens is 260 g/mol. The number of sulfonamides is 1. The molecule has 5 heteroatoms. The van der Waals surface area contributed by atoms with Gasteiger partial charge in [-0.2, -0.15) is 4.31 Å². The number of nitrogens with two attached hydrogens (primary N) is 1. The molecule has 0 aliphatic heterocycles. The molecule has 1 aromatic carbocycles. The summed E-state index contributed by atoms with van der Waals surface area (Å²) in [5, 5.41) is 0. The molecule has 0 radical (unpaired) electrons. The van der Waals surface area contributed by atoms with E-state index in [0.717, 1.165) is 30.4 Å². The highest BCUT2D eigenvalue weighted by Crippen LogP contribution is 2.30. The predicted molar refractivity (Wildman–Crippen MR) is 76.5 cm³/mol. The van der Waals surface area contributed by atoms with Gasteiger partial charge in [-0.3, -0.25) is 0 Å². The van der Waals surface area contributed by atoms with Crippen LogP contribution in [0.15, 0.2) is 23.1 Å². The number of hydrogen-bond acceptors (Lipinski definition) is 3. The lowest BCUT2D eigenvalue weighted by Crippen LogP contribution is -2.46. The molecule has 1 aliphatic carbocycles. The van der Waals surface area contributed by atoms with Gasteiger partial charge in [-0.15, -0.1) is 0 Å². The van der Waals surface area contributed by atoms with Crippen LogP contribution in [0, 0.1) is 13.8 Å². The summed E-state index contributed by atoms with van der Waals surface area (Å²) >= 11 is 0. The Morgan fingerprint density at radius 3 is 2.42 bits per heavy atom. The predicted octanol–water partition coefficient (Wildman–Crippen LogP) is 1.81. The molecule has 19 heavy (non-hydrogen) atoms. The highest BCUT2D eigenvalue weighted by Gasteiger charge is 2.34. The maximum atomic E-state index is 12.7. The van der Waals surface area contributed by atoms with E-state index in [1.165, 1.54) is 0 Å². The highest BCUT2D eigenvalue weighted by atomic mass is 32.2. The van der Waals surface area contributed by atoms with Gasteiger partial charge in [-0.25, -0.2) is 8.42 Å². The van der Waals surface area contributed by atoms with Gasteiger partial charge in [0.05, 0.1) is 4.90 Å². The normalized spacial score (nSPS) is 16.6. The molecule has 2 rings (SSSR count). The lowest BCUT2D eigenvalue weighted by atomic mass is 9.93. The van der Waals surface area contributed by atoms with E-state index in [1.807, 2.05) is 19.9 Å². The molecule has 0 heterocycles. The first-order valence-electron chi connectivity index (χ1n) is 6.76. The molecule has 106 valence electrons. The number of nitrogens with zero attached hydrogens (tertiary/aromatic N) is 1.